The molecule has 1 amide bonds. The monoisotopic (exact) mass is 875 g/mol. The SMILES string of the molecule is CCOC(=O)c1nc(N(C)c2cc(C)c(N=c3sc4ccccc4n3COCC[Si](C)(C)C)nn2)sc1CCCOc1ccc(C#CCN(C)C(=O)OC(C)(C)C)cc1F. The maximum Gasteiger partial charge on any atom is 0.410 e. The van der Waals surface area contributed by atoms with Gasteiger partial charge in [-0.3, -0.25) is 4.57 Å². The number of benzene rings is 2. The summed E-state index contributed by atoms with van der Waals surface area (Å²) in [4.78, 5) is 39.3. The topological polar surface area (TPSA) is 134 Å². The maximum atomic E-state index is 14.9. The van der Waals surface area contributed by atoms with Crippen molar-refractivity contribution in [2.75, 3.05) is 45.4 Å². The molecule has 0 aliphatic heterocycles. The number of ether oxygens (including phenoxy) is 4. The number of esters is 1. The van der Waals surface area contributed by atoms with Gasteiger partial charge in [0.1, 0.15) is 12.3 Å². The van der Waals surface area contributed by atoms with Crippen LogP contribution in [0.4, 0.5) is 26.0 Å². The van der Waals surface area contributed by atoms with Crippen molar-refractivity contribution in [2.24, 2.45) is 4.99 Å². The zero-order chi connectivity index (χ0) is 43.6. The van der Waals surface area contributed by atoms with Crippen molar-refractivity contribution in [1.29, 1.82) is 0 Å². The summed E-state index contributed by atoms with van der Waals surface area (Å²) >= 11 is 2.91. The predicted octanol–water partition coefficient (Wildman–Crippen LogP) is 9.12. The Hall–Kier alpha value is -5.15. The van der Waals surface area contributed by atoms with Crippen molar-refractivity contribution < 1.29 is 32.9 Å². The molecule has 0 aliphatic carbocycles. The van der Waals surface area contributed by atoms with Crippen LogP contribution in [0.1, 0.15) is 60.6 Å². The van der Waals surface area contributed by atoms with E-state index in [-0.39, 0.29) is 31.2 Å². The minimum atomic E-state index is -1.23. The lowest BCUT2D eigenvalue weighted by atomic mass is 10.2. The van der Waals surface area contributed by atoms with Crippen LogP contribution in [-0.4, -0.2) is 90.8 Å². The average Bonchev–Trinajstić information content (AvgIpc) is 3.76. The molecule has 0 bridgehead atoms. The van der Waals surface area contributed by atoms with E-state index < -0.39 is 31.6 Å². The normalized spacial score (nSPS) is 11.9. The van der Waals surface area contributed by atoms with E-state index in [0.29, 0.717) is 53.4 Å². The Balaban J connectivity index is 1.25. The summed E-state index contributed by atoms with van der Waals surface area (Å²) in [6.45, 7) is 17.6. The maximum absolute atomic E-state index is 14.9. The van der Waals surface area contributed by atoms with Gasteiger partial charge in [0.15, 0.2) is 38.8 Å². The van der Waals surface area contributed by atoms with E-state index in [2.05, 4.69) is 63.4 Å². The van der Waals surface area contributed by atoms with Gasteiger partial charge in [0, 0.05) is 39.2 Å². The Morgan fingerprint density at radius 3 is 2.50 bits per heavy atom. The summed E-state index contributed by atoms with van der Waals surface area (Å²) < 4.78 is 40.7. The van der Waals surface area contributed by atoms with E-state index in [0.717, 1.165) is 26.6 Å². The first-order valence-corrected chi connectivity index (χ1v) is 25.1. The number of hydrogen-bond acceptors (Lipinski definition) is 13. The zero-order valence-corrected chi connectivity index (χ0v) is 38.7. The molecule has 0 unspecified atom stereocenters. The number of fused-ring (bicyclic) bond motifs is 1. The van der Waals surface area contributed by atoms with Crippen LogP contribution in [0, 0.1) is 24.6 Å². The lowest BCUT2D eigenvalue weighted by Crippen LogP contribution is -2.34. The van der Waals surface area contributed by atoms with Gasteiger partial charge in [-0.1, -0.05) is 55.0 Å². The van der Waals surface area contributed by atoms with Gasteiger partial charge >= 0.3 is 12.1 Å². The molecule has 0 aliphatic rings. The van der Waals surface area contributed by atoms with Crippen LogP contribution in [-0.2, 0) is 27.4 Å². The van der Waals surface area contributed by atoms with Gasteiger partial charge in [0.2, 0.25) is 0 Å². The average molecular weight is 876 g/mol. The molecule has 5 aromatic rings. The Morgan fingerprint density at radius 2 is 1.80 bits per heavy atom. The van der Waals surface area contributed by atoms with Crippen LogP contribution in [0.2, 0.25) is 25.7 Å². The van der Waals surface area contributed by atoms with E-state index in [1.165, 1.54) is 28.4 Å². The van der Waals surface area contributed by atoms with Gasteiger partial charge < -0.3 is 28.7 Å². The van der Waals surface area contributed by atoms with Crippen molar-refractivity contribution in [2.45, 2.75) is 85.5 Å². The van der Waals surface area contributed by atoms with Crippen molar-refractivity contribution in [3.63, 3.8) is 0 Å². The van der Waals surface area contributed by atoms with Gasteiger partial charge in [0.25, 0.3) is 0 Å². The lowest BCUT2D eigenvalue weighted by Gasteiger charge is -2.23. The predicted molar refractivity (Wildman–Crippen MR) is 238 cm³/mol. The van der Waals surface area contributed by atoms with E-state index in [4.69, 9.17) is 23.9 Å². The molecule has 320 valence electrons. The third kappa shape index (κ3) is 12.9. The van der Waals surface area contributed by atoms with Crippen LogP contribution in [0.5, 0.6) is 5.75 Å². The van der Waals surface area contributed by atoms with Crippen molar-refractivity contribution in [3.8, 4) is 17.6 Å². The van der Waals surface area contributed by atoms with Crippen molar-refractivity contribution in [1.82, 2.24) is 24.6 Å². The molecule has 3 heterocycles. The number of para-hydroxylation sites is 1. The van der Waals surface area contributed by atoms with Crippen LogP contribution < -0.4 is 14.4 Å². The standard InChI is InChI=1S/C43H54FN7O6S2Si/c1-11-55-39(52)37-35(19-15-23-56-33-21-20-30(27-31(33)44)16-14-22-49(6)42(53)57-43(3,4)5)59-40(45-37)50(7)36-26-29(2)38(48-47-36)46-41-51(28-54-24-25-60(8,9)10)32-17-12-13-18-34(32)58-41/h12-13,17-18,20-21,26-27H,11,15,19,22-25,28H2,1-10H3. The molecule has 17 heteroatoms. The van der Waals surface area contributed by atoms with Gasteiger partial charge in [0.05, 0.1) is 30.0 Å². The van der Waals surface area contributed by atoms with Crippen LogP contribution in [0.15, 0.2) is 53.5 Å². The fraction of sp³-hybridized carbons (Fsp3) is 0.442. The molecule has 0 atom stereocenters. The molecule has 0 N–H and O–H groups in total. The van der Waals surface area contributed by atoms with Crippen LogP contribution in [0.3, 0.4) is 0 Å². The molecular formula is C43H54FN7O6S2Si. The number of amides is 1. The summed E-state index contributed by atoms with van der Waals surface area (Å²) in [6, 6.07) is 15.6. The van der Waals surface area contributed by atoms with Crippen molar-refractivity contribution in [3.05, 3.63) is 80.8 Å². The molecule has 0 saturated heterocycles. The Morgan fingerprint density at radius 1 is 1.03 bits per heavy atom. The van der Waals surface area contributed by atoms with Gasteiger partial charge in [-0.2, -0.15) is 4.99 Å². The minimum absolute atomic E-state index is 0.0823. The number of nitrogens with zero attached hydrogens (tertiary/aromatic N) is 7. The molecule has 13 nitrogen and oxygen atoms in total. The summed E-state index contributed by atoms with van der Waals surface area (Å²) in [5.74, 6) is 5.75. The third-order valence-electron chi connectivity index (χ3n) is 8.73. The number of carbonyl (C=O) groups is 2. The van der Waals surface area contributed by atoms with E-state index >= 15 is 0 Å². The third-order valence-corrected chi connectivity index (χ3v) is 12.7. The molecule has 60 heavy (non-hydrogen) atoms. The molecule has 0 fully saturated rings. The largest absolute Gasteiger partial charge is 0.491 e. The lowest BCUT2D eigenvalue weighted by molar-refractivity contribution is 0.0320. The Bertz CT molecular complexity index is 2430. The first kappa shape index (κ1) is 45.9. The van der Waals surface area contributed by atoms with Crippen molar-refractivity contribution >= 4 is 69.8 Å². The number of anilines is 2. The van der Waals surface area contributed by atoms with Crippen LogP contribution >= 0.6 is 22.7 Å². The molecule has 5 rings (SSSR count). The second-order valence-corrected chi connectivity index (χ2v) is 23.9. The Kier molecular flexibility index (Phi) is 15.6. The molecule has 3 aromatic heterocycles. The number of halogens is 1. The highest BCUT2D eigenvalue weighted by atomic mass is 32.1. The van der Waals surface area contributed by atoms with E-state index in [1.54, 1.807) is 57.0 Å². The quantitative estimate of drug-likeness (QED) is 0.0409. The van der Waals surface area contributed by atoms with Crippen LogP contribution in [0.25, 0.3) is 10.2 Å². The molecule has 0 spiro atoms. The number of rotatable bonds is 16. The Labute approximate surface area is 360 Å². The summed E-state index contributed by atoms with van der Waals surface area (Å²) in [7, 11) is 2.17. The highest BCUT2D eigenvalue weighted by molar-refractivity contribution is 7.16. The first-order valence-electron chi connectivity index (χ1n) is 19.7. The second-order valence-electron chi connectivity index (χ2n) is 16.2. The molecule has 2 aromatic carbocycles. The number of thiazole rings is 2. The number of aromatic nitrogens is 4. The summed E-state index contributed by atoms with van der Waals surface area (Å²) in [6.07, 6.45) is 0.428. The van der Waals surface area contributed by atoms with Gasteiger partial charge in [-0.05, 0) is 95.5 Å². The minimum Gasteiger partial charge on any atom is -0.491 e. The molecular weight excluding hydrogens is 822 g/mol. The summed E-state index contributed by atoms with van der Waals surface area (Å²) in [5.41, 5.74) is 1.91. The first-order chi connectivity index (χ1) is 28.4. The highest BCUT2D eigenvalue weighted by Crippen LogP contribution is 2.32. The highest BCUT2D eigenvalue weighted by Gasteiger charge is 2.23. The van der Waals surface area contributed by atoms with Gasteiger partial charge in [-0.15, -0.1) is 21.5 Å². The fourth-order valence-electron chi connectivity index (χ4n) is 5.48. The number of aryl methyl sites for hydroxylation is 2. The fourth-order valence-corrected chi connectivity index (χ4v) is 8.31. The molecule has 0 radical (unpaired) electrons. The van der Waals surface area contributed by atoms with Gasteiger partial charge in [-0.25, -0.2) is 19.0 Å². The van der Waals surface area contributed by atoms with E-state index in [9.17, 15) is 14.0 Å². The number of carbonyl (C=O) groups excluding carboxylic acids is 2. The smallest absolute Gasteiger partial charge is 0.410 e. The number of hydrogen-bond donors (Lipinski definition) is 0. The molecule has 0 saturated carbocycles. The zero-order valence-electron chi connectivity index (χ0n) is 36.1. The van der Waals surface area contributed by atoms with E-state index in [1.807, 2.05) is 32.2 Å². The summed E-state index contributed by atoms with van der Waals surface area (Å²) in [5, 5.41) is 9.54. The second kappa shape index (κ2) is 20.4.